The minimum atomic E-state index is -0.192. The molecule has 1 aromatic carbocycles. The molecule has 8 atom stereocenters. The summed E-state index contributed by atoms with van der Waals surface area (Å²) in [5.74, 6) is 1.86. The lowest BCUT2D eigenvalue weighted by Gasteiger charge is -2.61. The van der Waals surface area contributed by atoms with E-state index >= 15 is 0 Å². The standard InChI is InChI=1S/C29H38O4/c1-18-16-21-17-22(32-19(2)30)12-14-28(21,3)24-13-15-29(4)23(26(18)24)10-11-25(29)33-27(31)20-8-6-5-7-9-20/h5-9,21-26H,1,10-17H2,2-4H3/t21-,22-,23-,24+,25+,26?,28+,29+/m1/s1. The third-order valence-electron chi connectivity index (χ3n) is 10.1. The molecule has 0 saturated heterocycles. The van der Waals surface area contributed by atoms with Crippen LogP contribution in [0.1, 0.15) is 82.5 Å². The lowest BCUT2D eigenvalue weighted by molar-refractivity contribution is -0.156. The molecule has 4 fully saturated rings. The second-order valence-electron chi connectivity index (χ2n) is 11.7. The number of allylic oxidation sites excluding steroid dienone is 1. The lowest BCUT2D eigenvalue weighted by atomic mass is 9.44. The largest absolute Gasteiger partial charge is 0.463 e. The van der Waals surface area contributed by atoms with Gasteiger partial charge in [0, 0.05) is 12.3 Å². The molecule has 4 aliphatic rings. The Bertz CT molecular complexity index is 938. The monoisotopic (exact) mass is 450 g/mol. The van der Waals surface area contributed by atoms with Gasteiger partial charge in [-0.15, -0.1) is 0 Å². The Labute approximate surface area is 198 Å². The van der Waals surface area contributed by atoms with Crippen molar-refractivity contribution in [2.45, 2.75) is 84.3 Å². The van der Waals surface area contributed by atoms with E-state index in [1.807, 2.05) is 30.3 Å². The topological polar surface area (TPSA) is 52.6 Å². The van der Waals surface area contributed by atoms with Crippen LogP contribution in [0.4, 0.5) is 0 Å². The predicted molar refractivity (Wildman–Crippen MR) is 127 cm³/mol. The Morgan fingerprint density at radius 2 is 1.64 bits per heavy atom. The van der Waals surface area contributed by atoms with Gasteiger partial charge in [-0.3, -0.25) is 4.79 Å². The van der Waals surface area contributed by atoms with Gasteiger partial charge in [-0.05, 0) is 92.6 Å². The first-order valence-corrected chi connectivity index (χ1v) is 12.8. The summed E-state index contributed by atoms with van der Waals surface area (Å²) in [6.45, 7) is 11.0. The normalized spacial score (nSPS) is 42.0. The van der Waals surface area contributed by atoms with Crippen molar-refractivity contribution in [2.24, 2.45) is 34.5 Å². The SMILES string of the molecule is C=C1C[C@@H]2C[C@H](OC(C)=O)CC[C@]2(C)[C@H]2CC[C@]3(C)[C@@H](OC(=O)c4ccccc4)CC[C@@H]3C12. The molecule has 0 amide bonds. The fourth-order valence-corrected chi connectivity index (χ4v) is 8.35. The third kappa shape index (κ3) is 3.74. The molecule has 0 radical (unpaired) electrons. The van der Waals surface area contributed by atoms with Gasteiger partial charge in [0.25, 0.3) is 0 Å². The molecule has 1 unspecified atom stereocenters. The van der Waals surface area contributed by atoms with Gasteiger partial charge in [0.15, 0.2) is 0 Å². The number of rotatable bonds is 3. The molecule has 4 aliphatic carbocycles. The van der Waals surface area contributed by atoms with E-state index in [0.29, 0.717) is 29.2 Å². The Kier molecular flexibility index (Phi) is 5.69. The van der Waals surface area contributed by atoms with Crippen molar-refractivity contribution in [1.29, 1.82) is 0 Å². The first kappa shape index (κ1) is 22.7. The average Bonchev–Trinajstić information content (AvgIpc) is 3.11. The molecule has 33 heavy (non-hydrogen) atoms. The van der Waals surface area contributed by atoms with Gasteiger partial charge in [0.1, 0.15) is 12.2 Å². The summed E-state index contributed by atoms with van der Waals surface area (Å²) in [6.07, 6.45) is 8.48. The van der Waals surface area contributed by atoms with E-state index in [2.05, 4.69) is 20.4 Å². The Hall–Kier alpha value is -2.10. The lowest BCUT2D eigenvalue weighted by Crippen LogP contribution is -2.55. The number of hydrogen-bond acceptors (Lipinski definition) is 4. The highest BCUT2D eigenvalue weighted by Crippen LogP contribution is 2.67. The Morgan fingerprint density at radius 3 is 2.36 bits per heavy atom. The Morgan fingerprint density at radius 1 is 0.939 bits per heavy atom. The second kappa shape index (κ2) is 8.29. The van der Waals surface area contributed by atoms with E-state index in [1.54, 1.807) is 0 Å². The Balaban J connectivity index is 1.34. The number of esters is 2. The van der Waals surface area contributed by atoms with Crippen LogP contribution in [0.5, 0.6) is 0 Å². The smallest absolute Gasteiger partial charge is 0.338 e. The van der Waals surface area contributed by atoms with E-state index in [4.69, 9.17) is 9.47 Å². The molecule has 1 aromatic rings. The van der Waals surface area contributed by atoms with E-state index in [9.17, 15) is 9.59 Å². The molecule has 4 nitrogen and oxygen atoms in total. The third-order valence-corrected chi connectivity index (χ3v) is 10.1. The van der Waals surface area contributed by atoms with Crippen molar-refractivity contribution in [2.75, 3.05) is 0 Å². The summed E-state index contributed by atoms with van der Waals surface area (Å²) in [4.78, 5) is 24.4. The summed E-state index contributed by atoms with van der Waals surface area (Å²) in [5, 5.41) is 0. The summed E-state index contributed by atoms with van der Waals surface area (Å²) in [7, 11) is 0. The van der Waals surface area contributed by atoms with Crippen molar-refractivity contribution >= 4 is 11.9 Å². The second-order valence-corrected chi connectivity index (χ2v) is 11.7. The van der Waals surface area contributed by atoms with Gasteiger partial charge in [-0.1, -0.05) is 44.2 Å². The molecule has 5 rings (SSSR count). The fraction of sp³-hybridized carbons (Fsp3) is 0.655. The van der Waals surface area contributed by atoms with E-state index in [1.165, 1.54) is 18.9 Å². The molecule has 0 aliphatic heterocycles. The van der Waals surface area contributed by atoms with Crippen LogP contribution in [0.2, 0.25) is 0 Å². The van der Waals surface area contributed by atoms with Gasteiger partial charge in [-0.25, -0.2) is 4.79 Å². The highest BCUT2D eigenvalue weighted by Gasteiger charge is 2.62. The molecule has 0 spiro atoms. The van der Waals surface area contributed by atoms with Gasteiger partial charge in [0.2, 0.25) is 0 Å². The van der Waals surface area contributed by atoms with Crippen LogP contribution in [0.25, 0.3) is 0 Å². The zero-order chi connectivity index (χ0) is 23.4. The molecule has 4 saturated carbocycles. The highest BCUT2D eigenvalue weighted by atomic mass is 16.5. The molecular weight excluding hydrogens is 412 g/mol. The van der Waals surface area contributed by atoms with Gasteiger partial charge < -0.3 is 9.47 Å². The van der Waals surface area contributed by atoms with Gasteiger partial charge >= 0.3 is 11.9 Å². The number of fused-ring (bicyclic) bond motifs is 5. The molecule has 0 bridgehead atoms. The van der Waals surface area contributed by atoms with Crippen LogP contribution in [0, 0.1) is 34.5 Å². The molecule has 4 heteroatoms. The van der Waals surface area contributed by atoms with Crippen LogP contribution in [0.15, 0.2) is 42.5 Å². The van der Waals surface area contributed by atoms with Crippen LogP contribution in [-0.2, 0) is 14.3 Å². The van der Waals surface area contributed by atoms with Crippen molar-refractivity contribution in [3.05, 3.63) is 48.0 Å². The maximum Gasteiger partial charge on any atom is 0.338 e. The van der Waals surface area contributed by atoms with E-state index in [-0.39, 0.29) is 35.0 Å². The number of hydrogen-bond donors (Lipinski definition) is 0. The molecule has 0 N–H and O–H groups in total. The van der Waals surface area contributed by atoms with Crippen LogP contribution in [0.3, 0.4) is 0 Å². The molecule has 0 aromatic heterocycles. The van der Waals surface area contributed by atoms with Crippen molar-refractivity contribution in [3.8, 4) is 0 Å². The van der Waals surface area contributed by atoms with Crippen LogP contribution >= 0.6 is 0 Å². The first-order valence-electron chi connectivity index (χ1n) is 12.8. The quantitative estimate of drug-likeness (QED) is 0.398. The fourth-order valence-electron chi connectivity index (χ4n) is 8.35. The van der Waals surface area contributed by atoms with Crippen molar-refractivity contribution in [3.63, 3.8) is 0 Å². The van der Waals surface area contributed by atoms with Crippen molar-refractivity contribution in [1.82, 2.24) is 0 Å². The van der Waals surface area contributed by atoms with Gasteiger partial charge in [0.05, 0.1) is 5.56 Å². The average molecular weight is 451 g/mol. The number of carbonyl (C=O) groups excluding carboxylic acids is 2. The molecular formula is C29H38O4. The maximum absolute atomic E-state index is 12.8. The number of ether oxygens (including phenoxy) is 2. The summed E-state index contributed by atoms with van der Waals surface area (Å²) >= 11 is 0. The summed E-state index contributed by atoms with van der Waals surface area (Å²) < 4.78 is 11.8. The highest BCUT2D eigenvalue weighted by molar-refractivity contribution is 5.89. The van der Waals surface area contributed by atoms with Crippen LogP contribution in [-0.4, -0.2) is 24.1 Å². The minimum absolute atomic E-state index is 0.0193. The summed E-state index contributed by atoms with van der Waals surface area (Å²) in [6, 6.07) is 9.38. The maximum atomic E-state index is 12.8. The zero-order valence-corrected chi connectivity index (χ0v) is 20.3. The van der Waals surface area contributed by atoms with Crippen molar-refractivity contribution < 1.29 is 19.1 Å². The summed E-state index contributed by atoms with van der Waals surface area (Å²) in [5.41, 5.74) is 2.33. The number of carbonyl (C=O) groups is 2. The van der Waals surface area contributed by atoms with E-state index in [0.717, 1.165) is 44.9 Å². The van der Waals surface area contributed by atoms with E-state index < -0.39 is 0 Å². The number of benzene rings is 1. The predicted octanol–water partition coefficient (Wildman–Crippen LogP) is 6.35. The minimum Gasteiger partial charge on any atom is -0.463 e. The van der Waals surface area contributed by atoms with Crippen LogP contribution < -0.4 is 0 Å². The van der Waals surface area contributed by atoms with Gasteiger partial charge in [-0.2, -0.15) is 0 Å². The zero-order valence-electron chi connectivity index (χ0n) is 20.3. The molecule has 178 valence electrons. The molecule has 0 heterocycles. The first-order chi connectivity index (χ1) is 15.7.